The second-order valence-electron chi connectivity index (χ2n) is 3.48. The molecule has 0 aliphatic rings. The number of carboxylic acid groups (broad SMARTS) is 1. The minimum absolute atomic E-state index is 0. The molecule has 0 saturated carbocycles. The number of hydrogen-bond acceptors (Lipinski definition) is 2. The van der Waals surface area contributed by atoms with Gasteiger partial charge >= 0.3 is 5.97 Å². The van der Waals surface area contributed by atoms with Crippen LogP contribution in [0.25, 0.3) is 0 Å². The van der Waals surface area contributed by atoms with Gasteiger partial charge in [0, 0.05) is 6.54 Å². The number of rotatable bonds is 7. The third-order valence-electron chi connectivity index (χ3n) is 2.18. The minimum Gasteiger partial charge on any atom is -0.481 e. The molecule has 0 fully saturated rings. The molecule has 3 nitrogen and oxygen atoms in total. The molecule has 0 amide bonds. The SMILES string of the molecule is Cl.O=C(O)CCNCCCc1ccccc1. The highest BCUT2D eigenvalue weighted by Gasteiger charge is 1.95. The lowest BCUT2D eigenvalue weighted by Crippen LogP contribution is -2.19. The molecule has 1 aromatic carbocycles. The van der Waals surface area contributed by atoms with Crippen molar-refractivity contribution in [2.75, 3.05) is 13.1 Å². The molecule has 0 heterocycles. The maximum absolute atomic E-state index is 10.2. The molecule has 1 aromatic rings. The number of aliphatic carboxylic acids is 1. The standard InChI is InChI=1S/C12H17NO2.ClH/c14-12(15)8-10-13-9-4-7-11-5-2-1-3-6-11;/h1-3,5-6,13H,4,7-10H2,(H,14,15);1H. The second kappa shape index (κ2) is 9.19. The summed E-state index contributed by atoms with van der Waals surface area (Å²) in [6.07, 6.45) is 2.29. The molecule has 2 N–H and O–H groups in total. The van der Waals surface area contributed by atoms with Gasteiger partial charge < -0.3 is 10.4 Å². The third kappa shape index (κ3) is 7.26. The first kappa shape index (κ1) is 14.9. The van der Waals surface area contributed by atoms with Crippen LogP contribution in [0.4, 0.5) is 0 Å². The fourth-order valence-electron chi connectivity index (χ4n) is 1.38. The number of aryl methyl sites for hydroxylation is 1. The van der Waals surface area contributed by atoms with Gasteiger partial charge in [0.05, 0.1) is 6.42 Å². The quantitative estimate of drug-likeness (QED) is 0.722. The molecule has 0 aliphatic carbocycles. The number of carbonyl (C=O) groups is 1. The van der Waals surface area contributed by atoms with E-state index in [1.807, 2.05) is 18.2 Å². The zero-order valence-corrected chi connectivity index (χ0v) is 10.0. The molecule has 4 heteroatoms. The van der Waals surface area contributed by atoms with E-state index in [2.05, 4.69) is 17.4 Å². The van der Waals surface area contributed by atoms with E-state index in [9.17, 15) is 4.79 Å². The van der Waals surface area contributed by atoms with E-state index in [4.69, 9.17) is 5.11 Å². The fourth-order valence-corrected chi connectivity index (χ4v) is 1.38. The average molecular weight is 244 g/mol. The lowest BCUT2D eigenvalue weighted by atomic mass is 10.1. The van der Waals surface area contributed by atoms with Crippen LogP contribution in [0.3, 0.4) is 0 Å². The molecule has 16 heavy (non-hydrogen) atoms. The van der Waals surface area contributed by atoms with Gasteiger partial charge in [0.1, 0.15) is 0 Å². The number of benzene rings is 1. The molecule has 0 aliphatic heterocycles. The van der Waals surface area contributed by atoms with Crippen LogP contribution >= 0.6 is 12.4 Å². The topological polar surface area (TPSA) is 49.3 Å². The number of halogens is 1. The van der Waals surface area contributed by atoms with Gasteiger partial charge in [0.25, 0.3) is 0 Å². The molecule has 0 atom stereocenters. The average Bonchev–Trinajstić information content (AvgIpc) is 2.24. The van der Waals surface area contributed by atoms with Crippen molar-refractivity contribution >= 4 is 18.4 Å². The summed E-state index contributed by atoms with van der Waals surface area (Å²) in [6.45, 7) is 1.44. The summed E-state index contributed by atoms with van der Waals surface area (Å²) in [5.41, 5.74) is 1.33. The van der Waals surface area contributed by atoms with Gasteiger partial charge in [-0.05, 0) is 24.9 Å². The zero-order valence-electron chi connectivity index (χ0n) is 9.19. The van der Waals surface area contributed by atoms with Crippen LogP contribution < -0.4 is 5.32 Å². The Morgan fingerprint density at radius 3 is 2.50 bits per heavy atom. The van der Waals surface area contributed by atoms with Crippen LogP contribution in [0.2, 0.25) is 0 Å². The molecular formula is C12H18ClNO2. The summed E-state index contributed by atoms with van der Waals surface area (Å²) < 4.78 is 0. The Morgan fingerprint density at radius 1 is 1.19 bits per heavy atom. The van der Waals surface area contributed by atoms with Crippen molar-refractivity contribution in [3.8, 4) is 0 Å². The number of carboxylic acids is 1. The monoisotopic (exact) mass is 243 g/mol. The summed E-state index contributed by atoms with van der Waals surface area (Å²) in [6, 6.07) is 10.3. The first-order valence-corrected chi connectivity index (χ1v) is 5.25. The number of hydrogen-bond donors (Lipinski definition) is 2. The fraction of sp³-hybridized carbons (Fsp3) is 0.417. The van der Waals surface area contributed by atoms with Crippen LogP contribution in [0.5, 0.6) is 0 Å². The van der Waals surface area contributed by atoms with Crippen molar-refractivity contribution in [1.82, 2.24) is 5.32 Å². The van der Waals surface area contributed by atoms with Crippen LogP contribution in [-0.2, 0) is 11.2 Å². The van der Waals surface area contributed by atoms with E-state index in [0.29, 0.717) is 6.54 Å². The summed E-state index contributed by atoms with van der Waals surface area (Å²) in [5.74, 6) is -0.745. The lowest BCUT2D eigenvalue weighted by molar-refractivity contribution is -0.136. The maximum atomic E-state index is 10.2. The van der Waals surface area contributed by atoms with Gasteiger partial charge in [0.15, 0.2) is 0 Å². The smallest absolute Gasteiger partial charge is 0.304 e. The van der Waals surface area contributed by atoms with Gasteiger partial charge in [-0.2, -0.15) is 0 Å². The first-order valence-electron chi connectivity index (χ1n) is 5.25. The summed E-state index contributed by atoms with van der Waals surface area (Å²) in [7, 11) is 0. The maximum Gasteiger partial charge on any atom is 0.304 e. The molecule has 0 aromatic heterocycles. The normalized spacial score (nSPS) is 9.50. The van der Waals surface area contributed by atoms with E-state index in [0.717, 1.165) is 19.4 Å². The zero-order chi connectivity index (χ0) is 10.9. The van der Waals surface area contributed by atoms with Gasteiger partial charge in [-0.25, -0.2) is 0 Å². The van der Waals surface area contributed by atoms with Gasteiger partial charge in [-0.3, -0.25) is 4.79 Å². The molecule has 0 spiro atoms. The van der Waals surface area contributed by atoms with Crippen LogP contribution in [0.1, 0.15) is 18.4 Å². The van der Waals surface area contributed by atoms with E-state index in [1.54, 1.807) is 0 Å². The van der Waals surface area contributed by atoms with Gasteiger partial charge in [-0.15, -0.1) is 12.4 Å². The largest absolute Gasteiger partial charge is 0.481 e. The van der Waals surface area contributed by atoms with Crippen molar-refractivity contribution in [3.05, 3.63) is 35.9 Å². The summed E-state index contributed by atoms with van der Waals surface area (Å²) in [5, 5.41) is 11.5. The molecule has 0 bridgehead atoms. The Bertz CT molecular complexity index is 290. The van der Waals surface area contributed by atoms with Crippen LogP contribution in [-0.4, -0.2) is 24.2 Å². The Hall–Kier alpha value is -1.06. The molecular weight excluding hydrogens is 226 g/mol. The predicted molar refractivity (Wildman–Crippen MR) is 67.1 cm³/mol. The molecule has 0 radical (unpaired) electrons. The van der Waals surface area contributed by atoms with Gasteiger partial charge in [0.2, 0.25) is 0 Å². The highest BCUT2D eigenvalue weighted by atomic mass is 35.5. The highest BCUT2D eigenvalue weighted by Crippen LogP contribution is 2.01. The van der Waals surface area contributed by atoms with Crippen molar-refractivity contribution < 1.29 is 9.90 Å². The molecule has 0 unspecified atom stereocenters. The van der Waals surface area contributed by atoms with Gasteiger partial charge in [-0.1, -0.05) is 30.3 Å². The molecule has 1 rings (SSSR count). The predicted octanol–water partition coefficient (Wildman–Crippen LogP) is 2.11. The Kier molecular flexibility index (Phi) is 8.58. The van der Waals surface area contributed by atoms with E-state index >= 15 is 0 Å². The van der Waals surface area contributed by atoms with Crippen molar-refractivity contribution in [2.24, 2.45) is 0 Å². The summed E-state index contributed by atoms with van der Waals surface area (Å²) >= 11 is 0. The second-order valence-corrected chi connectivity index (χ2v) is 3.48. The third-order valence-corrected chi connectivity index (χ3v) is 2.18. The van der Waals surface area contributed by atoms with Crippen molar-refractivity contribution in [3.63, 3.8) is 0 Å². The lowest BCUT2D eigenvalue weighted by Gasteiger charge is -2.03. The molecule has 90 valence electrons. The van der Waals surface area contributed by atoms with E-state index in [1.165, 1.54) is 5.56 Å². The van der Waals surface area contributed by atoms with Crippen molar-refractivity contribution in [1.29, 1.82) is 0 Å². The van der Waals surface area contributed by atoms with E-state index in [-0.39, 0.29) is 18.8 Å². The van der Waals surface area contributed by atoms with E-state index < -0.39 is 5.97 Å². The Balaban J connectivity index is 0.00000225. The highest BCUT2D eigenvalue weighted by molar-refractivity contribution is 5.85. The number of nitrogens with one attached hydrogen (secondary N) is 1. The summed E-state index contributed by atoms with van der Waals surface area (Å²) in [4.78, 5) is 10.2. The Labute approximate surface area is 102 Å². The minimum atomic E-state index is -0.745. The Morgan fingerprint density at radius 2 is 1.88 bits per heavy atom. The van der Waals surface area contributed by atoms with Crippen LogP contribution in [0.15, 0.2) is 30.3 Å². The van der Waals surface area contributed by atoms with Crippen molar-refractivity contribution in [2.45, 2.75) is 19.3 Å². The van der Waals surface area contributed by atoms with Crippen LogP contribution in [0, 0.1) is 0 Å². The first-order chi connectivity index (χ1) is 7.29. The molecule has 0 saturated heterocycles.